The molecule has 1 spiro atoms. The zero-order valence-electron chi connectivity index (χ0n) is 16.9. The lowest BCUT2D eigenvalue weighted by molar-refractivity contribution is -0.138. The standard InChI is InChI=1S/C22H22F3N3O3/c1-27-19(30)15-6-4-8-17(29)18(15)21(27)9-11-28(12-10-21)20(31)26-13-14-5-2-3-7-16(14)22(23,24)25/h2-8,29H,9-13H2,1H3,(H,26,31). The number of nitrogens with one attached hydrogen (secondary N) is 1. The first-order valence-corrected chi connectivity index (χ1v) is 9.93. The summed E-state index contributed by atoms with van der Waals surface area (Å²) >= 11 is 0. The number of fused-ring (bicyclic) bond motifs is 2. The molecule has 4 rings (SSSR count). The van der Waals surface area contributed by atoms with E-state index in [2.05, 4.69) is 5.32 Å². The zero-order valence-corrected chi connectivity index (χ0v) is 16.9. The second kappa shape index (κ2) is 7.47. The molecule has 0 atom stereocenters. The Kier molecular flexibility index (Phi) is 5.07. The van der Waals surface area contributed by atoms with Crippen LogP contribution in [-0.4, -0.2) is 47.0 Å². The van der Waals surface area contributed by atoms with Crippen molar-refractivity contribution < 1.29 is 27.9 Å². The summed E-state index contributed by atoms with van der Waals surface area (Å²) in [6.45, 7) is 0.370. The fourth-order valence-electron chi connectivity index (χ4n) is 4.65. The Hall–Kier alpha value is -3.23. The van der Waals surface area contributed by atoms with Crippen LogP contribution in [0.4, 0.5) is 18.0 Å². The monoisotopic (exact) mass is 433 g/mol. The number of rotatable bonds is 2. The maximum absolute atomic E-state index is 13.1. The third-order valence-electron chi connectivity index (χ3n) is 6.32. The number of aromatic hydroxyl groups is 1. The van der Waals surface area contributed by atoms with Gasteiger partial charge in [0.1, 0.15) is 5.75 Å². The maximum Gasteiger partial charge on any atom is 0.416 e. The quantitative estimate of drug-likeness (QED) is 0.759. The van der Waals surface area contributed by atoms with Crippen LogP contribution in [0.3, 0.4) is 0 Å². The van der Waals surface area contributed by atoms with E-state index in [9.17, 15) is 27.9 Å². The fourth-order valence-corrected chi connectivity index (χ4v) is 4.65. The van der Waals surface area contributed by atoms with Gasteiger partial charge in [0, 0.05) is 37.8 Å². The van der Waals surface area contributed by atoms with Crippen LogP contribution in [0.15, 0.2) is 42.5 Å². The molecule has 2 aromatic rings. The number of amides is 3. The lowest BCUT2D eigenvalue weighted by Gasteiger charge is -2.44. The van der Waals surface area contributed by atoms with Gasteiger partial charge in [-0.15, -0.1) is 0 Å². The molecule has 2 N–H and O–H groups in total. The van der Waals surface area contributed by atoms with Crippen LogP contribution in [0.1, 0.15) is 39.9 Å². The van der Waals surface area contributed by atoms with Crippen molar-refractivity contribution in [2.45, 2.75) is 31.1 Å². The topological polar surface area (TPSA) is 72.9 Å². The first-order chi connectivity index (χ1) is 14.6. The van der Waals surface area contributed by atoms with Gasteiger partial charge in [-0.25, -0.2) is 4.79 Å². The van der Waals surface area contributed by atoms with E-state index in [1.165, 1.54) is 23.1 Å². The summed E-state index contributed by atoms with van der Waals surface area (Å²) in [6, 6.07) is 9.53. The fraction of sp³-hybridized carbons (Fsp3) is 0.364. The van der Waals surface area contributed by atoms with Crippen molar-refractivity contribution in [3.63, 3.8) is 0 Å². The largest absolute Gasteiger partial charge is 0.508 e. The van der Waals surface area contributed by atoms with Crippen molar-refractivity contribution in [1.29, 1.82) is 0 Å². The second-order valence-electron chi connectivity index (χ2n) is 7.90. The number of urea groups is 1. The highest BCUT2D eigenvalue weighted by molar-refractivity contribution is 6.00. The Labute approximate surface area is 177 Å². The van der Waals surface area contributed by atoms with Crippen LogP contribution >= 0.6 is 0 Å². The van der Waals surface area contributed by atoms with E-state index < -0.39 is 23.3 Å². The van der Waals surface area contributed by atoms with Gasteiger partial charge in [0.15, 0.2) is 0 Å². The number of phenols is 1. The number of phenolic OH excluding ortho intramolecular Hbond substituents is 1. The molecule has 0 aromatic heterocycles. The van der Waals surface area contributed by atoms with E-state index >= 15 is 0 Å². The number of piperidine rings is 1. The lowest BCUT2D eigenvalue weighted by Crippen LogP contribution is -2.53. The normalized spacial score (nSPS) is 17.7. The summed E-state index contributed by atoms with van der Waals surface area (Å²) < 4.78 is 39.4. The van der Waals surface area contributed by atoms with Crippen LogP contribution in [0, 0.1) is 0 Å². The molecule has 2 aliphatic heterocycles. The minimum Gasteiger partial charge on any atom is -0.508 e. The van der Waals surface area contributed by atoms with E-state index in [1.54, 1.807) is 30.1 Å². The van der Waals surface area contributed by atoms with Crippen LogP contribution < -0.4 is 5.32 Å². The molecule has 1 fully saturated rings. The number of hydrogen-bond donors (Lipinski definition) is 2. The maximum atomic E-state index is 13.1. The van der Waals surface area contributed by atoms with Crippen molar-refractivity contribution in [3.8, 4) is 5.75 Å². The Morgan fingerprint density at radius 2 is 1.81 bits per heavy atom. The average Bonchev–Trinajstić information content (AvgIpc) is 2.95. The van der Waals surface area contributed by atoms with Gasteiger partial charge in [-0.3, -0.25) is 4.79 Å². The number of benzene rings is 2. The summed E-state index contributed by atoms with van der Waals surface area (Å²) in [5.74, 6) is -0.121. The van der Waals surface area contributed by atoms with E-state index in [-0.39, 0.29) is 23.8 Å². The highest BCUT2D eigenvalue weighted by Gasteiger charge is 2.51. The lowest BCUT2D eigenvalue weighted by atomic mass is 9.80. The molecule has 0 aliphatic carbocycles. The minimum absolute atomic E-state index is 0.00296. The number of likely N-dealkylation sites (tertiary alicyclic amines) is 1. The summed E-state index contributed by atoms with van der Waals surface area (Å²) in [5.41, 5.74) is -0.425. The number of carbonyl (C=O) groups excluding carboxylic acids is 2. The Balaban J connectivity index is 1.45. The van der Waals surface area contributed by atoms with Crippen molar-refractivity contribution in [2.24, 2.45) is 0 Å². The predicted octanol–water partition coefficient (Wildman–Crippen LogP) is 3.70. The third kappa shape index (κ3) is 3.47. The van der Waals surface area contributed by atoms with Gasteiger partial charge < -0.3 is 20.2 Å². The molecule has 2 aliphatic rings. The van der Waals surface area contributed by atoms with Crippen LogP contribution in [-0.2, 0) is 18.3 Å². The first-order valence-electron chi connectivity index (χ1n) is 9.93. The van der Waals surface area contributed by atoms with Crippen LogP contribution in [0.2, 0.25) is 0 Å². The van der Waals surface area contributed by atoms with Gasteiger partial charge >= 0.3 is 12.2 Å². The Morgan fingerprint density at radius 1 is 1.13 bits per heavy atom. The number of hydrogen-bond acceptors (Lipinski definition) is 3. The first kappa shape index (κ1) is 21.0. The molecule has 0 saturated carbocycles. The van der Waals surface area contributed by atoms with Gasteiger partial charge in [0.2, 0.25) is 0 Å². The average molecular weight is 433 g/mol. The van der Waals surface area contributed by atoms with Crippen molar-refractivity contribution in [3.05, 3.63) is 64.7 Å². The van der Waals surface area contributed by atoms with Crippen LogP contribution in [0.5, 0.6) is 5.75 Å². The zero-order chi connectivity index (χ0) is 22.4. The van der Waals surface area contributed by atoms with Gasteiger partial charge in [-0.1, -0.05) is 24.3 Å². The molecular weight excluding hydrogens is 411 g/mol. The Morgan fingerprint density at radius 3 is 2.48 bits per heavy atom. The van der Waals surface area contributed by atoms with Gasteiger partial charge in [-0.2, -0.15) is 13.2 Å². The summed E-state index contributed by atoms with van der Waals surface area (Å²) in [5, 5.41) is 13.0. The molecule has 31 heavy (non-hydrogen) atoms. The van der Waals surface area contributed by atoms with Gasteiger partial charge in [-0.05, 0) is 36.6 Å². The summed E-state index contributed by atoms with van der Waals surface area (Å²) in [6.07, 6.45) is -3.65. The van der Waals surface area contributed by atoms with Crippen molar-refractivity contribution in [2.75, 3.05) is 20.1 Å². The third-order valence-corrected chi connectivity index (χ3v) is 6.32. The van der Waals surface area contributed by atoms with E-state index in [0.717, 1.165) is 6.07 Å². The molecular formula is C22H22F3N3O3. The van der Waals surface area contributed by atoms with Crippen molar-refractivity contribution in [1.82, 2.24) is 15.1 Å². The second-order valence-corrected chi connectivity index (χ2v) is 7.90. The molecule has 9 heteroatoms. The number of alkyl halides is 3. The minimum atomic E-state index is -4.49. The summed E-state index contributed by atoms with van der Waals surface area (Å²) in [4.78, 5) is 28.4. The SMILES string of the molecule is CN1C(=O)c2cccc(O)c2C12CCN(C(=O)NCc1ccccc1C(F)(F)F)CC2. The molecule has 1 saturated heterocycles. The van der Waals surface area contributed by atoms with Crippen LogP contribution in [0.25, 0.3) is 0 Å². The molecule has 0 bridgehead atoms. The number of carbonyl (C=O) groups is 2. The number of halogens is 3. The molecule has 2 aromatic carbocycles. The molecule has 6 nitrogen and oxygen atoms in total. The van der Waals surface area contributed by atoms with E-state index in [0.29, 0.717) is 37.1 Å². The predicted molar refractivity (Wildman–Crippen MR) is 106 cm³/mol. The highest BCUT2D eigenvalue weighted by atomic mass is 19.4. The van der Waals surface area contributed by atoms with Gasteiger partial charge in [0.05, 0.1) is 11.1 Å². The highest BCUT2D eigenvalue weighted by Crippen LogP contribution is 2.48. The van der Waals surface area contributed by atoms with Gasteiger partial charge in [0.25, 0.3) is 5.91 Å². The molecule has 0 unspecified atom stereocenters. The van der Waals surface area contributed by atoms with E-state index in [1.807, 2.05) is 0 Å². The smallest absolute Gasteiger partial charge is 0.416 e. The van der Waals surface area contributed by atoms with Crippen molar-refractivity contribution >= 4 is 11.9 Å². The Bertz CT molecular complexity index is 1030. The molecule has 2 heterocycles. The molecule has 0 radical (unpaired) electrons. The number of nitrogens with zero attached hydrogens (tertiary/aromatic N) is 2. The molecule has 3 amide bonds. The summed E-state index contributed by atoms with van der Waals surface area (Å²) in [7, 11) is 1.69. The van der Waals surface area contributed by atoms with E-state index in [4.69, 9.17) is 0 Å². The molecule has 164 valence electrons.